The lowest BCUT2D eigenvalue weighted by Gasteiger charge is -2.09. The molecule has 0 spiro atoms. The van der Waals surface area contributed by atoms with Crippen LogP contribution in [0.4, 0.5) is 0 Å². The van der Waals surface area contributed by atoms with E-state index in [0.717, 1.165) is 10.9 Å². The summed E-state index contributed by atoms with van der Waals surface area (Å²) in [5.74, 6) is 0.366. The summed E-state index contributed by atoms with van der Waals surface area (Å²) in [6.07, 6.45) is 2.34. The minimum absolute atomic E-state index is 0.00404. The van der Waals surface area contributed by atoms with Gasteiger partial charge >= 0.3 is 0 Å². The molecule has 0 fully saturated rings. The van der Waals surface area contributed by atoms with Crippen molar-refractivity contribution in [3.05, 3.63) is 39.4 Å². The first kappa shape index (κ1) is 15.7. The lowest BCUT2D eigenvalue weighted by Crippen LogP contribution is -2.33. The number of amides is 1. The van der Waals surface area contributed by atoms with E-state index in [0.29, 0.717) is 23.4 Å². The second kappa shape index (κ2) is 6.85. The molecule has 1 amide bonds. The van der Waals surface area contributed by atoms with Crippen molar-refractivity contribution in [1.82, 2.24) is 14.9 Å². The van der Waals surface area contributed by atoms with Crippen LogP contribution in [0.25, 0.3) is 10.9 Å². The summed E-state index contributed by atoms with van der Waals surface area (Å²) in [5.41, 5.74) is 0.414. The van der Waals surface area contributed by atoms with Gasteiger partial charge in [-0.3, -0.25) is 14.2 Å². The topological polar surface area (TPSA) is 64.0 Å². The van der Waals surface area contributed by atoms with Gasteiger partial charge in [0.1, 0.15) is 6.54 Å². The van der Waals surface area contributed by atoms with Crippen molar-refractivity contribution < 1.29 is 4.79 Å². The van der Waals surface area contributed by atoms with Gasteiger partial charge in [0.25, 0.3) is 5.56 Å². The third kappa shape index (κ3) is 4.14. The highest BCUT2D eigenvalue weighted by Crippen LogP contribution is 2.14. The van der Waals surface area contributed by atoms with E-state index in [-0.39, 0.29) is 18.0 Å². The SMILES string of the molecule is CC(C)CCNC(=O)Cn1cnc2cc(Br)ccc2c1=O. The van der Waals surface area contributed by atoms with Gasteiger partial charge in [-0.05, 0) is 30.5 Å². The first-order valence-corrected chi connectivity index (χ1v) is 7.68. The van der Waals surface area contributed by atoms with Gasteiger partial charge in [-0.25, -0.2) is 4.98 Å². The highest BCUT2D eigenvalue weighted by atomic mass is 79.9. The van der Waals surface area contributed by atoms with Crippen molar-refractivity contribution in [2.75, 3.05) is 6.54 Å². The molecule has 2 aromatic rings. The van der Waals surface area contributed by atoms with Gasteiger partial charge in [0.15, 0.2) is 0 Å². The fraction of sp³-hybridized carbons (Fsp3) is 0.400. The van der Waals surface area contributed by atoms with Gasteiger partial charge in [0.2, 0.25) is 5.91 Å². The average molecular weight is 352 g/mol. The molecular weight excluding hydrogens is 334 g/mol. The lowest BCUT2D eigenvalue weighted by molar-refractivity contribution is -0.121. The van der Waals surface area contributed by atoms with Crippen LogP contribution < -0.4 is 10.9 Å². The number of nitrogens with zero attached hydrogens (tertiary/aromatic N) is 2. The highest BCUT2D eigenvalue weighted by Gasteiger charge is 2.08. The molecule has 0 bridgehead atoms. The van der Waals surface area contributed by atoms with Crippen LogP contribution in [0.2, 0.25) is 0 Å². The second-order valence-corrected chi connectivity index (χ2v) is 6.29. The van der Waals surface area contributed by atoms with Crippen molar-refractivity contribution in [2.45, 2.75) is 26.8 Å². The molecule has 2 rings (SSSR count). The number of halogens is 1. The van der Waals surface area contributed by atoms with E-state index in [1.807, 2.05) is 0 Å². The number of carbonyl (C=O) groups is 1. The molecule has 0 aliphatic rings. The molecule has 21 heavy (non-hydrogen) atoms. The molecule has 5 nitrogen and oxygen atoms in total. The molecule has 0 saturated carbocycles. The number of carbonyl (C=O) groups excluding carboxylic acids is 1. The van der Waals surface area contributed by atoms with Crippen LogP contribution in [0.15, 0.2) is 33.8 Å². The van der Waals surface area contributed by atoms with Crippen molar-refractivity contribution in [2.24, 2.45) is 5.92 Å². The zero-order chi connectivity index (χ0) is 15.4. The van der Waals surface area contributed by atoms with Crippen LogP contribution in [-0.2, 0) is 11.3 Å². The Kier molecular flexibility index (Phi) is 5.12. The first-order chi connectivity index (χ1) is 9.97. The third-order valence-electron chi connectivity index (χ3n) is 3.15. The highest BCUT2D eigenvalue weighted by molar-refractivity contribution is 9.10. The first-order valence-electron chi connectivity index (χ1n) is 6.89. The Balaban J connectivity index is 2.12. The second-order valence-electron chi connectivity index (χ2n) is 5.37. The van der Waals surface area contributed by atoms with Gasteiger partial charge in [0, 0.05) is 11.0 Å². The zero-order valence-corrected chi connectivity index (χ0v) is 13.7. The summed E-state index contributed by atoms with van der Waals surface area (Å²) in [7, 11) is 0. The Hall–Kier alpha value is -1.69. The molecule has 1 heterocycles. The van der Waals surface area contributed by atoms with Crippen LogP contribution >= 0.6 is 15.9 Å². The quantitative estimate of drug-likeness (QED) is 0.898. The van der Waals surface area contributed by atoms with Crippen LogP contribution in [0.1, 0.15) is 20.3 Å². The average Bonchev–Trinajstić information content (AvgIpc) is 2.41. The maximum absolute atomic E-state index is 12.3. The van der Waals surface area contributed by atoms with Gasteiger partial charge in [0.05, 0.1) is 17.2 Å². The molecule has 1 N–H and O–H groups in total. The number of hydrogen-bond donors (Lipinski definition) is 1. The van der Waals surface area contributed by atoms with E-state index in [1.165, 1.54) is 10.9 Å². The predicted molar refractivity (Wildman–Crippen MR) is 86.2 cm³/mol. The minimum Gasteiger partial charge on any atom is -0.355 e. The number of benzene rings is 1. The Morgan fingerprint density at radius 3 is 2.90 bits per heavy atom. The Morgan fingerprint density at radius 1 is 1.43 bits per heavy atom. The predicted octanol–water partition coefficient (Wildman–Crippen LogP) is 2.32. The molecule has 0 saturated heterocycles. The fourth-order valence-corrected chi connectivity index (χ4v) is 2.30. The Morgan fingerprint density at radius 2 is 2.19 bits per heavy atom. The van der Waals surface area contributed by atoms with Gasteiger partial charge in [-0.1, -0.05) is 29.8 Å². The number of aromatic nitrogens is 2. The van der Waals surface area contributed by atoms with Gasteiger partial charge in [-0.2, -0.15) is 0 Å². The standard InChI is InChI=1S/C15H18BrN3O2/c1-10(2)5-6-17-14(20)8-19-9-18-13-7-11(16)3-4-12(13)15(19)21/h3-4,7,9-10H,5-6,8H2,1-2H3,(H,17,20). The molecular formula is C15H18BrN3O2. The summed E-state index contributed by atoms with van der Waals surface area (Å²) in [6, 6.07) is 5.28. The van der Waals surface area contributed by atoms with Gasteiger partial charge < -0.3 is 5.32 Å². The van der Waals surface area contributed by atoms with Crippen molar-refractivity contribution in [1.29, 1.82) is 0 Å². The molecule has 0 unspecified atom stereocenters. The largest absolute Gasteiger partial charge is 0.355 e. The third-order valence-corrected chi connectivity index (χ3v) is 3.64. The molecule has 6 heteroatoms. The van der Waals surface area contributed by atoms with E-state index in [1.54, 1.807) is 18.2 Å². The maximum atomic E-state index is 12.3. The van der Waals surface area contributed by atoms with E-state index in [2.05, 4.69) is 40.1 Å². The van der Waals surface area contributed by atoms with Crippen molar-refractivity contribution in [3.8, 4) is 0 Å². The Bertz CT molecular complexity index is 710. The number of rotatable bonds is 5. The molecule has 0 aliphatic heterocycles. The molecule has 0 atom stereocenters. The molecule has 1 aromatic carbocycles. The number of nitrogens with one attached hydrogen (secondary N) is 1. The van der Waals surface area contributed by atoms with Gasteiger partial charge in [-0.15, -0.1) is 0 Å². The maximum Gasteiger partial charge on any atom is 0.261 e. The molecule has 0 aliphatic carbocycles. The van der Waals surface area contributed by atoms with Crippen LogP contribution in [0.5, 0.6) is 0 Å². The van der Waals surface area contributed by atoms with Crippen LogP contribution in [0.3, 0.4) is 0 Å². The van der Waals surface area contributed by atoms with E-state index >= 15 is 0 Å². The van der Waals surface area contributed by atoms with Crippen molar-refractivity contribution >= 4 is 32.7 Å². The van der Waals surface area contributed by atoms with Crippen molar-refractivity contribution in [3.63, 3.8) is 0 Å². The zero-order valence-electron chi connectivity index (χ0n) is 12.1. The number of fused-ring (bicyclic) bond motifs is 1. The molecule has 112 valence electrons. The fourth-order valence-electron chi connectivity index (χ4n) is 1.96. The summed E-state index contributed by atoms with van der Waals surface area (Å²) in [5, 5.41) is 3.32. The van der Waals surface area contributed by atoms with Crippen LogP contribution in [0, 0.1) is 5.92 Å². The van der Waals surface area contributed by atoms with E-state index in [4.69, 9.17) is 0 Å². The van der Waals surface area contributed by atoms with E-state index < -0.39 is 0 Å². The summed E-state index contributed by atoms with van der Waals surface area (Å²) < 4.78 is 2.20. The summed E-state index contributed by atoms with van der Waals surface area (Å²) >= 11 is 3.34. The number of hydrogen-bond acceptors (Lipinski definition) is 3. The summed E-state index contributed by atoms with van der Waals surface area (Å²) in [6.45, 7) is 4.82. The van der Waals surface area contributed by atoms with Crippen LogP contribution in [-0.4, -0.2) is 22.0 Å². The minimum atomic E-state index is -0.202. The normalized spacial score (nSPS) is 11.0. The lowest BCUT2D eigenvalue weighted by atomic mass is 10.1. The Labute approximate surface area is 131 Å². The van der Waals surface area contributed by atoms with E-state index in [9.17, 15) is 9.59 Å². The molecule has 0 radical (unpaired) electrons. The smallest absolute Gasteiger partial charge is 0.261 e. The monoisotopic (exact) mass is 351 g/mol. The molecule has 1 aromatic heterocycles. The summed E-state index contributed by atoms with van der Waals surface area (Å²) in [4.78, 5) is 28.3.